The number of rotatable bonds is 10. The Kier molecular flexibility index (Phi) is 13.4. The lowest BCUT2D eigenvalue weighted by Crippen LogP contribution is -2.52. The van der Waals surface area contributed by atoms with E-state index in [-0.39, 0.29) is 44.8 Å². The van der Waals surface area contributed by atoms with E-state index in [0.29, 0.717) is 44.6 Å². The van der Waals surface area contributed by atoms with Crippen LogP contribution in [0.4, 0.5) is 4.79 Å². The Morgan fingerprint density at radius 3 is 2.58 bits per heavy atom. The van der Waals surface area contributed by atoms with E-state index in [1.165, 1.54) is 6.92 Å². The molecule has 0 unspecified atom stereocenters. The minimum absolute atomic E-state index is 0. The summed E-state index contributed by atoms with van der Waals surface area (Å²) in [4.78, 5) is 39.9. The third kappa shape index (κ3) is 12.3. The molecular formula is C36H68N2O10. The van der Waals surface area contributed by atoms with Gasteiger partial charge in [-0.3, -0.25) is 9.59 Å². The number of esters is 2. The Morgan fingerprint density at radius 2 is 1.96 bits per heavy atom. The molecule has 0 aliphatic carbocycles. The van der Waals surface area contributed by atoms with Crippen LogP contribution in [0.2, 0.25) is 0 Å². The summed E-state index contributed by atoms with van der Waals surface area (Å²) in [5.41, 5.74) is -1.80. The van der Waals surface area contributed by atoms with Gasteiger partial charge in [0.05, 0.1) is 36.4 Å². The van der Waals surface area contributed by atoms with Crippen molar-refractivity contribution in [3.05, 3.63) is 36.0 Å². The number of epoxide rings is 1. The number of cyclic esters (lactones) is 1. The van der Waals surface area contributed by atoms with Crippen molar-refractivity contribution in [1.29, 1.82) is 0 Å². The van der Waals surface area contributed by atoms with E-state index in [2.05, 4.69) is 5.32 Å². The molecule has 2 saturated heterocycles. The fraction of sp³-hybridized carbons (Fsp3) is 0.750. The first-order valence-electron chi connectivity index (χ1n) is 20.9. The standard InChI is InChI=1S/C35H56N2O10.CH4.4H2/c1-8-27(40)24(4)32-28(45-32)21-34(6,43)14-9-10-22(2)31-23(3)11-12-29(44-25(5)38)35(7,15-13-26(39)20-30(41)46-31)47-33(42)37-18-16-36-17-19-37;;;;;/h9-12,14,23-24,26-29,31-32,36,39-40,43H,8,13,15-21H2,1-7H3;1H4;4*1H/b12-11+,14-9+,22-10+;;;;;/t23-,24+,26+,27-,28+,29-,31+,32+,34-,35+;;;;;/m0...../s1/i;;4*1+1D. The Balaban J connectivity index is -0.00000292. The number of piperazine rings is 1. The van der Waals surface area contributed by atoms with Crippen molar-refractivity contribution in [3.8, 4) is 0 Å². The van der Waals surface area contributed by atoms with Gasteiger partial charge in [0.15, 0.2) is 11.7 Å². The number of aliphatic hydroxyl groups is 3. The number of ether oxygens (including phenoxy) is 4. The number of carbonyl (C=O) groups is 3. The van der Waals surface area contributed by atoms with Gasteiger partial charge in [-0.05, 0) is 51.7 Å². The normalized spacial score (nSPS) is 34.2. The molecule has 3 rings (SSSR count). The highest BCUT2D eigenvalue weighted by molar-refractivity contribution is 5.71. The fourth-order valence-electron chi connectivity index (χ4n) is 6.19. The van der Waals surface area contributed by atoms with Crippen molar-refractivity contribution < 1.29 is 60.5 Å². The quantitative estimate of drug-likeness (QED) is 0.0814. The summed E-state index contributed by atoms with van der Waals surface area (Å²) in [7, 11) is 0. The third-order valence-electron chi connectivity index (χ3n) is 9.33. The zero-order valence-corrected chi connectivity index (χ0v) is 29.0. The zero-order valence-electron chi connectivity index (χ0n) is 37.0. The van der Waals surface area contributed by atoms with Crippen LogP contribution in [0.3, 0.4) is 0 Å². The molecule has 12 heteroatoms. The van der Waals surface area contributed by atoms with Crippen molar-refractivity contribution in [2.75, 3.05) is 26.2 Å². The topological polar surface area (TPSA) is 167 Å². The van der Waals surface area contributed by atoms with Gasteiger partial charge in [0, 0.05) is 63.2 Å². The Morgan fingerprint density at radius 1 is 1.29 bits per heavy atom. The molecule has 0 spiro atoms. The summed E-state index contributed by atoms with van der Waals surface area (Å²) < 4.78 is 63.3. The second-order valence-electron chi connectivity index (χ2n) is 13.8. The predicted octanol–water partition coefficient (Wildman–Crippen LogP) is 4.81. The molecule has 0 radical (unpaired) electrons. The maximum atomic E-state index is 13.2. The van der Waals surface area contributed by atoms with Crippen LogP contribution < -0.4 is 5.32 Å². The van der Waals surface area contributed by atoms with Gasteiger partial charge in [-0.1, -0.05) is 52.5 Å². The van der Waals surface area contributed by atoms with E-state index in [1.807, 2.05) is 20.8 Å². The van der Waals surface area contributed by atoms with Gasteiger partial charge in [0.2, 0.25) is 0 Å². The molecule has 10 atom stereocenters. The molecule has 1 amide bonds. The zero-order chi connectivity index (χ0) is 42.9. The number of allylic oxidation sites excluding steroid dienone is 2. The highest BCUT2D eigenvalue weighted by Crippen LogP contribution is 2.37. The van der Waals surface area contributed by atoms with Gasteiger partial charge in [-0.2, -0.15) is 0 Å². The van der Waals surface area contributed by atoms with Crippen molar-refractivity contribution in [2.45, 2.75) is 136 Å². The average Bonchev–Trinajstić information content (AvgIpc) is 3.94. The molecule has 12 nitrogen and oxygen atoms in total. The van der Waals surface area contributed by atoms with Crippen LogP contribution in [-0.2, 0) is 28.5 Å². The first kappa shape index (κ1) is 35.1. The third-order valence-corrected chi connectivity index (χ3v) is 9.33. The molecule has 0 aromatic carbocycles. The van der Waals surface area contributed by atoms with Crippen molar-refractivity contribution in [2.24, 2.45) is 11.8 Å². The van der Waals surface area contributed by atoms with Crippen LogP contribution in [0.25, 0.3) is 0 Å². The fourth-order valence-corrected chi connectivity index (χ4v) is 6.19. The highest BCUT2D eigenvalue weighted by atomic mass is 16.6. The second kappa shape index (κ2) is 18.3. The van der Waals surface area contributed by atoms with Crippen LogP contribution >= 0.6 is 0 Å². The average molecular weight is 697 g/mol. The predicted molar refractivity (Wildman–Crippen MR) is 190 cm³/mol. The van der Waals surface area contributed by atoms with Gasteiger partial charge in [-0.15, -0.1) is 0 Å². The minimum Gasteiger partial charge on any atom is -0.457 e. The molecule has 4 N–H and O–H groups in total. The van der Waals surface area contributed by atoms with Crippen molar-refractivity contribution in [3.63, 3.8) is 0 Å². The lowest BCUT2D eigenvalue weighted by molar-refractivity contribution is -0.158. The number of hydrogen-bond donors (Lipinski definition) is 4. The van der Waals surface area contributed by atoms with Crippen molar-refractivity contribution >= 4 is 18.0 Å². The molecular weight excluding hydrogens is 620 g/mol. The second-order valence-corrected chi connectivity index (χ2v) is 13.8. The molecule has 0 saturated carbocycles. The van der Waals surface area contributed by atoms with Crippen LogP contribution in [0.15, 0.2) is 36.0 Å². The molecule has 0 aromatic heterocycles. The van der Waals surface area contributed by atoms with Gasteiger partial charge in [-0.25, -0.2) is 4.79 Å². The van der Waals surface area contributed by atoms with E-state index < -0.39 is 59.6 Å². The Labute approximate surface area is 298 Å². The summed E-state index contributed by atoms with van der Waals surface area (Å²) in [5, 5.41) is 35.1. The molecule has 3 aliphatic heterocycles. The van der Waals surface area contributed by atoms with Crippen molar-refractivity contribution in [1.82, 2.24) is 10.2 Å². The number of amides is 1. The smallest absolute Gasteiger partial charge is 0.410 e. The maximum Gasteiger partial charge on any atom is 0.410 e. The Bertz CT molecular complexity index is 1200. The van der Waals surface area contributed by atoms with Gasteiger partial charge >= 0.3 is 18.0 Å². The van der Waals surface area contributed by atoms with Crippen LogP contribution in [-0.4, -0.2) is 112 Å². The van der Waals surface area contributed by atoms with E-state index in [1.54, 1.807) is 56.1 Å². The van der Waals surface area contributed by atoms with Crippen LogP contribution in [0, 0.1) is 11.8 Å². The van der Waals surface area contributed by atoms with E-state index in [4.69, 9.17) is 30.8 Å². The maximum absolute atomic E-state index is 13.2. The SMILES string of the molecule is C.CC[C@H](O)[C@@H](C)[C@H]1O[C@@H]1C[C@@](C)(O)/C=C/C=C(\C)[C@H]1OC(=O)C[C@H](O)CC[C@@](C)(OC(=O)N2CCNCC2)[C@@H](OC(C)=O)/C=C/[C@@H]1C.[2H][2H].[2H][2H].[2H][2H].[2H][2H]. The molecule has 3 heterocycles. The summed E-state index contributed by atoms with van der Waals surface area (Å²) in [6, 6.07) is 0. The first-order valence-corrected chi connectivity index (χ1v) is 16.9. The van der Waals surface area contributed by atoms with E-state index in [0.717, 1.165) is 0 Å². The molecule has 48 heavy (non-hydrogen) atoms. The van der Waals surface area contributed by atoms with E-state index >= 15 is 0 Å². The lowest BCUT2D eigenvalue weighted by atomic mass is 9.88. The van der Waals surface area contributed by atoms with Crippen LogP contribution in [0.1, 0.15) is 99.9 Å². The van der Waals surface area contributed by atoms with Gasteiger partial charge in [0.25, 0.3) is 0 Å². The van der Waals surface area contributed by atoms with Gasteiger partial charge < -0.3 is 44.5 Å². The van der Waals surface area contributed by atoms with Gasteiger partial charge in [0.1, 0.15) is 6.10 Å². The Hall–Kier alpha value is -2.77. The summed E-state index contributed by atoms with van der Waals surface area (Å²) in [5.74, 6) is -1.56. The molecule has 282 valence electrons. The summed E-state index contributed by atoms with van der Waals surface area (Å²) in [6.07, 6.45) is 5.52. The molecule has 0 aromatic rings. The van der Waals surface area contributed by atoms with Crippen LogP contribution in [0.5, 0.6) is 0 Å². The minimum atomic E-state index is -1.32. The lowest BCUT2D eigenvalue weighted by Gasteiger charge is -2.38. The highest BCUT2D eigenvalue weighted by Gasteiger charge is 2.47. The number of aliphatic hydroxyl groups excluding tert-OH is 2. The first-order chi connectivity index (χ1) is 26.0. The summed E-state index contributed by atoms with van der Waals surface area (Å²) >= 11 is 0. The largest absolute Gasteiger partial charge is 0.457 e. The number of nitrogens with zero attached hydrogens (tertiary/aromatic N) is 1. The molecule has 0 bridgehead atoms. The number of nitrogens with one attached hydrogen (secondary N) is 1. The monoisotopic (exact) mass is 697 g/mol. The molecule has 2 fully saturated rings. The molecule has 3 aliphatic rings. The number of carbonyl (C=O) groups excluding carboxylic acids is 3. The number of hydrogen-bond acceptors (Lipinski definition) is 11. The summed E-state index contributed by atoms with van der Waals surface area (Å²) in [6.45, 7) is 14.4. The van der Waals surface area contributed by atoms with E-state index in [9.17, 15) is 29.7 Å².